The Hall–Kier alpha value is -2.51. The molecular weight excluding hydrogens is 400 g/mol. The van der Waals surface area contributed by atoms with Crippen LogP contribution in [0, 0.1) is 0 Å². The number of nitrogens with two attached hydrogens (primary N) is 1. The van der Waals surface area contributed by atoms with Crippen LogP contribution < -0.4 is 10.5 Å². The van der Waals surface area contributed by atoms with Crippen LogP contribution >= 0.6 is 27.3 Å². The first kappa shape index (κ1) is 16.0. The fourth-order valence-corrected chi connectivity index (χ4v) is 3.93. The molecule has 0 spiro atoms. The van der Waals surface area contributed by atoms with Crippen LogP contribution in [0.15, 0.2) is 52.6 Å². The Morgan fingerprint density at radius 2 is 2.04 bits per heavy atom. The van der Waals surface area contributed by atoms with Gasteiger partial charge in [-0.3, -0.25) is 0 Å². The number of fused-ring (bicyclic) bond motifs is 1. The molecule has 0 saturated heterocycles. The Labute approximate surface area is 156 Å². The minimum atomic E-state index is 0.420. The van der Waals surface area contributed by atoms with Crippen molar-refractivity contribution < 1.29 is 4.74 Å². The summed E-state index contributed by atoms with van der Waals surface area (Å²) in [5, 5.41) is 2.77. The maximum Gasteiger partial charge on any atom is 0.165 e. The minimum absolute atomic E-state index is 0.420. The maximum absolute atomic E-state index is 6.03. The molecule has 1 aromatic carbocycles. The smallest absolute Gasteiger partial charge is 0.165 e. The number of methoxy groups -OCH3 is 1. The van der Waals surface area contributed by atoms with Crippen molar-refractivity contribution in [3.8, 4) is 27.4 Å². The molecule has 0 fully saturated rings. The molecule has 0 radical (unpaired) electrons. The van der Waals surface area contributed by atoms with Crippen LogP contribution in [0.5, 0.6) is 5.75 Å². The molecule has 0 aliphatic carbocycles. The summed E-state index contributed by atoms with van der Waals surface area (Å²) in [6.45, 7) is 0. The zero-order valence-corrected chi connectivity index (χ0v) is 15.6. The number of nitrogens with zero attached hydrogens (tertiary/aromatic N) is 3. The average Bonchev–Trinajstić information content (AvgIpc) is 3.15. The molecule has 7 heteroatoms. The van der Waals surface area contributed by atoms with Gasteiger partial charge in [-0.1, -0.05) is 12.1 Å². The number of thiophene rings is 1. The van der Waals surface area contributed by atoms with Crippen molar-refractivity contribution in [1.82, 2.24) is 15.0 Å². The lowest BCUT2D eigenvalue weighted by Gasteiger charge is -2.12. The predicted molar refractivity (Wildman–Crippen MR) is 105 cm³/mol. The van der Waals surface area contributed by atoms with Gasteiger partial charge in [0.05, 0.1) is 27.5 Å². The molecular formula is C18H13BrN4OS. The van der Waals surface area contributed by atoms with Gasteiger partial charge in [-0.15, -0.1) is 11.3 Å². The first-order valence-electron chi connectivity index (χ1n) is 7.46. The van der Waals surface area contributed by atoms with E-state index in [-0.39, 0.29) is 0 Å². The average molecular weight is 413 g/mol. The summed E-state index contributed by atoms with van der Waals surface area (Å²) in [5.41, 5.74) is 9.47. The van der Waals surface area contributed by atoms with Crippen LogP contribution in [0.4, 0.5) is 5.82 Å². The fraction of sp³-hybridized carbons (Fsp3) is 0.0556. The highest BCUT2D eigenvalue weighted by atomic mass is 79.9. The lowest BCUT2D eigenvalue weighted by atomic mass is 10.0. The van der Waals surface area contributed by atoms with Gasteiger partial charge < -0.3 is 10.5 Å². The number of hydrogen-bond donors (Lipinski definition) is 1. The number of halogens is 1. The van der Waals surface area contributed by atoms with Gasteiger partial charge in [0.25, 0.3) is 0 Å². The number of anilines is 1. The van der Waals surface area contributed by atoms with Crippen molar-refractivity contribution in [3.63, 3.8) is 0 Å². The molecule has 0 bridgehead atoms. The topological polar surface area (TPSA) is 73.9 Å². The van der Waals surface area contributed by atoms with E-state index in [9.17, 15) is 0 Å². The van der Waals surface area contributed by atoms with Crippen LogP contribution in [0.1, 0.15) is 0 Å². The highest BCUT2D eigenvalue weighted by Crippen LogP contribution is 2.38. The summed E-state index contributed by atoms with van der Waals surface area (Å²) in [5.74, 6) is 1.20. The molecule has 4 rings (SSSR count). The maximum atomic E-state index is 6.03. The number of pyridine rings is 1. The van der Waals surface area contributed by atoms with Gasteiger partial charge in [-0.05, 0) is 51.1 Å². The molecule has 0 saturated carbocycles. The lowest BCUT2D eigenvalue weighted by molar-refractivity contribution is 0.412. The highest BCUT2D eigenvalue weighted by molar-refractivity contribution is 9.10. The van der Waals surface area contributed by atoms with E-state index < -0.39 is 0 Å². The van der Waals surface area contributed by atoms with Crippen molar-refractivity contribution in [2.45, 2.75) is 0 Å². The number of hydrogen-bond acceptors (Lipinski definition) is 6. The van der Waals surface area contributed by atoms with E-state index in [1.807, 2.05) is 41.8 Å². The quantitative estimate of drug-likeness (QED) is 0.524. The predicted octanol–water partition coefficient (Wildman–Crippen LogP) is 4.77. The van der Waals surface area contributed by atoms with E-state index in [0.29, 0.717) is 11.5 Å². The molecule has 0 atom stereocenters. The minimum Gasteiger partial charge on any atom is -0.496 e. The van der Waals surface area contributed by atoms with Crippen molar-refractivity contribution in [3.05, 3.63) is 52.6 Å². The first-order chi connectivity index (χ1) is 12.2. The van der Waals surface area contributed by atoms with Gasteiger partial charge in [-0.25, -0.2) is 15.0 Å². The fourth-order valence-electron chi connectivity index (χ4n) is 2.66. The van der Waals surface area contributed by atoms with Crippen LogP contribution in [-0.4, -0.2) is 22.1 Å². The van der Waals surface area contributed by atoms with Crippen molar-refractivity contribution in [1.29, 1.82) is 0 Å². The zero-order chi connectivity index (χ0) is 17.4. The monoisotopic (exact) mass is 412 g/mol. The first-order valence-corrected chi connectivity index (χ1v) is 9.13. The van der Waals surface area contributed by atoms with Crippen LogP contribution in [0.3, 0.4) is 0 Å². The van der Waals surface area contributed by atoms with Gasteiger partial charge >= 0.3 is 0 Å². The SMILES string of the molecule is COc1ccc(-c2cc3c(N)ncnc3nc2-c2cccs2)cc1Br. The summed E-state index contributed by atoms with van der Waals surface area (Å²) < 4.78 is 6.20. The third-order valence-corrected chi connectivity index (χ3v) is 5.37. The summed E-state index contributed by atoms with van der Waals surface area (Å²) in [6.07, 6.45) is 1.44. The van der Waals surface area contributed by atoms with Crippen molar-refractivity contribution in [2.24, 2.45) is 0 Å². The van der Waals surface area contributed by atoms with Gasteiger partial charge in [0.1, 0.15) is 17.9 Å². The van der Waals surface area contributed by atoms with Gasteiger partial charge in [0.2, 0.25) is 0 Å². The molecule has 0 unspecified atom stereocenters. The Balaban J connectivity index is 2.02. The molecule has 25 heavy (non-hydrogen) atoms. The molecule has 0 aliphatic rings. The van der Waals surface area contributed by atoms with Crippen LogP contribution in [-0.2, 0) is 0 Å². The normalized spacial score (nSPS) is 11.0. The van der Waals surface area contributed by atoms with Crippen LogP contribution in [0.25, 0.3) is 32.7 Å². The molecule has 124 valence electrons. The standard InChI is InChI=1S/C18H13BrN4OS/c1-24-14-5-4-10(7-13(14)19)11-8-12-17(20)21-9-22-18(12)23-16(11)15-3-2-6-25-15/h2-9H,1H3,(H2,20,21,22,23). The Bertz CT molecular complexity index is 1070. The molecule has 0 aliphatic heterocycles. The number of nitrogen functional groups attached to an aromatic ring is 1. The summed E-state index contributed by atoms with van der Waals surface area (Å²) >= 11 is 5.19. The van der Waals surface area contributed by atoms with E-state index >= 15 is 0 Å². The lowest BCUT2D eigenvalue weighted by Crippen LogP contribution is -1.98. The van der Waals surface area contributed by atoms with Gasteiger partial charge in [-0.2, -0.15) is 0 Å². The number of ether oxygens (including phenoxy) is 1. The zero-order valence-electron chi connectivity index (χ0n) is 13.2. The third kappa shape index (κ3) is 2.85. The number of benzene rings is 1. The largest absolute Gasteiger partial charge is 0.496 e. The Morgan fingerprint density at radius 3 is 2.76 bits per heavy atom. The highest BCUT2D eigenvalue weighted by Gasteiger charge is 2.15. The molecule has 5 nitrogen and oxygen atoms in total. The van der Waals surface area contributed by atoms with Gasteiger partial charge in [0, 0.05) is 5.56 Å². The number of rotatable bonds is 3. The summed E-state index contributed by atoms with van der Waals surface area (Å²) in [7, 11) is 1.65. The second kappa shape index (κ2) is 6.42. The van der Waals surface area contributed by atoms with E-state index in [1.54, 1.807) is 18.4 Å². The van der Waals surface area contributed by atoms with Crippen molar-refractivity contribution in [2.75, 3.05) is 12.8 Å². The third-order valence-electron chi connectivity index (χ3n) is 3.87. The number of aromatic nitrogens is 3. The summed E-state index contributed by atoms with van der Waals surface area (Å²) in [6, 6.07) is 12.0. The van der Waals surface area contributed by atoms with E-state index in [1.165, 1.54) is 6.33 Å². The second-order valence-electron chi connectivity index (χ2n) is 5.34. The van der Waals surface area contributed by atoms with Gasteiger partial charge in [0.15, 0.2) is 5.65 Å². The second-order valence-corrected chi connectivity index (χ2v) is 7.14. The Kier molecular flexibility index (Phi) is 4.10. The summed E-state index contributed by atoms with van der Waals surface area (Å²) in [4.78, 5) is 14.2. The molecule has 2 N–H and O–H groups in total. The van der Waals surface area contributed by atoms with E-state index in [0.717, 1.165) is 37.3 Å². The van der Waals surface area contributed by atoms with E-state index in [4.69, 9.17) is 15.5 Å². The van der Waals surface area contributed by atoms with Crippen molar-refractivity contribution >= 4 is 44.1 Å². The molecule has 0 amide bonds. The molecule has 3 heterocycles. The molecule has 4 aromatic rings. The molecule has 3 aromatic heterocycles. The van der Waals surface area contributed by atoms with Crippen LogP contribution in [0.2, 0.25) is 0 Å². The Morgan fingerprint density at radius 1 is 1.16 bits per heavy atom. The van der Waals surface area contributed by atoms with E-state index in [2.05, 4.69) is 25.9 Å².